The minimum Gasteiger partial charge on any atom is -0.496 e. The van der Waals surface area contributed by atoms with Crippen LogP contribution in [-0.2, 0) is 0 Å². The summed E-state index contributed by atoms with van der Waals surface area (Å²) in [5, 5.41) is 0. The van der Waals surface area contributed by atoms with E-state index in [2.05, 4.69) is 0 Å². The molecule has 0 atom stereocenters. The molecule has 0 aliphatic carbocycles. The Morgan fingerprint density at radius 1 is 0.952 bits per heavy atom. The van der Waals surface area contributed by atoms with Crippen LogP contribution >= 0.6 is 0 Å². The zero-order valence-corrected chi connectivity index (χ0v) is 12.4. The third-order valence-corrected chi connectivity index (χ3v) is 3.25. The van der Waals surface area contributed by atoms with Crippen molar-refractivity contribution >= 4 is 12.2 Å². The predicted octanol–water partition coefficient (Wildman–Crippen LogP) is 5.27. The van der Waals surface area contributed by atoms with Crippen LogP contribution in [0.5, 0.6) is 5.75 Å². The lowest BCUT2D eigenvalue weighted by atomic mass is 9.99. The van der Waals surface area contributed by atoms with Crippen molar-refractivity contribution in [2.75, 3.05) is 7.11 Å². The Bertz CT molecular complexity index is 643. The summed E-state index contributed by atoms with van der Waals surface area (Å²) in [5.74, 6) is 0.0445. The fraction of sp³-hybridized carbons (Fsp3) is 0.222. The molecule has 0 spiro atoms. The van der Waals surface area contributed by atoms with Gasteiger partial charge in [0.15, 0.2) is 0 Å². The molecule has 0 aromatic heterocycles. The van der Waals surface area contributed by atoms with E-state index in [0.717, 1.165) is 5.56 Å². The second kappa shape index (κ2) is 6.53. The molecular formula is C18H18F2O. The summed E-state index contributed by atoms with van der Waals surface area (Å²) in [5.41, 5.74) is 2.14. The van der Waals surface area contributed by atoms with Gasteiger partial charge in [-0.1, -0.05) is 38.1 Å². The van der Waals surface area contributed by atoms with Crippen LogP contribution in [-0.4, -0.2) is 7.11 Å². The Labute approximate surface area is 123 Å². The molecule has 0 amide bonds. The largest absolute Gasteiger partial charge is 0.496 e. The molecule has 2 rings (SSSR count). The molecule has 0 N–H and O–H groups in total. The quantitative estimate of drug-likeness (QED) is 0.697. The molecule has 3 heteroatoms. The summed E-state index contributed by atoms with van der Waals surface area (Å²) >= 11 is 0. The van der Waals surface area contributed by atoms with Gasteiger partial charge < -0.3 is 4.74 Å². The minimum atomic E-state index is -0.277. The van der Waals surface area contributed by atoms with Crippen molar-refractivity contribution in [3.05, 3.63) is 64.7 Å². The number of halogens is 2. The molecule has 110 valence electrons. The summed E-state index contributed by atoms with van der Waals surface area (Å²) in [6, 6.07) is 9.41. The van der Waals surface area contributed by atoms with Crippen molar-refractivity contribution in [1.29, 1.82) is 0 Å². The smallest absolute Gasteiger partial charge is 0.130 e. The van der Waals surface area contributed by atoms with Gasteiger partial charge in [-0.2, -0.15) is 0 Å². The molecule has 2 aromatic rings. The van der Waals surface area contributed by atoms with Crippen molar-refractivity contribution in [3.8, 4) is 5.75 Å². The zero-order valence-electron chi connectivity index (χ0n) is 12.4. The number of hydrogen-bond donors (Lipinski definition) is 0. The van der Waals surface area contributed by atoms with Gasteiger partial charge in [0, 0.05) is 5.56 Å². The number of rotatable bonds is 4. The Hall–Kier alpha value is -2.16. The molecule has 0 bridgehead atoms. The molecule has 0 heterocycles. The van der Waals surface area contributed by atoms with Crippen molar-refractivity contribution < 1.29 is 13.5 Å². The van der Waals surface area contributed by atoms with Crippen LogP contribution in [0.4, 0.5) is 8.78 Å². The molecule has 0 aliphatic rings. The fourth-order valence-corrected chi connectivity index (χ4v) is 2.20. The van der Waals surface area contributed by atoms with Crippen LogP contribution in [0.2, 0.25) is 0 Å². The molecule has 0 radical (unpaired) electrons. The first-order valence-corrected chi connectivity index (χ1v) is 6.82. The first-order valence-electron chi connectivity index (χ1n) is 6.82. The van der Waals surface area contributed by atoms with Gasteiger partial charge in [0.25, 0.3) is 0 Å². The molecule has 0 fully saturated rings. The molecule has 2 aromatic carbocycles. The second-order valence-corrected chi connectivity index (χ2v) is 5.16. The van der Waals surface area contributed by atoms with Gasteiger partial charge in [-0.3, -0.25) is 0 Å². The standard InChI is InChI=1S/C18H18F2O/c1-12(2)18-16(20)10-14(11-17(18)21-3)5-4-13-6-8-15(19)9-7-13/h4-12H,1-3H3/b5-4+. The SMILES string of the molecule is COc1cc(/C=C/c2ccc(F)cc2)cc(F)c1C(C)C. The van der Waals surface area contributed by atoms with E-state index in [1.165, 1.54) is 25.3 Å². The Morgan fingerprint density at radius 3 is 2.14 bits per heavy atom. The van der Waals surface area contributed by atoms with Crippen molar-refractivity contribution in [2.45, 2.75) is 19.8 Å². The van der Waals surface area contributed by atoms with Gasteiger partial charge >= 0.3 is 0 Å². The van der Waals surface area contributed by atoms with Crippen molar-refractivity contribution in [1.82, 2.24) is 0 Å². The van der Waals surface area contributed by atoms with E-state index >= 15 is 0 Å². The maximum atomic E-state index is 14.2. The summed E-state index contributed by atoms with van der Waals surface area (Å²) in [6.45, 7) is 3.85. The maximum Gasteiger partial charge on any atom is 0.130 e. The molecular weight excluding hydrogens is 270 g/mol. The number of ether oxygens (including phenoxy) is 1. The Balaban J connectivity index is 2.32. The van der Waals surface area contributed by atoms with Gasteiger partial charge in [-0.15, -0.1) is 0 Å². The van der Waals surface area contributed by atoms with E-state index in [0.29, 0.717) is 16.9 Å². The van der Waals surface area contributed by atoms with E-state index < -0.39 is 0 Å². The normalized spacial score (nSPS) is 11.3. The predicted molar refractivity (Wildman–Crippen MR) is 82.4 cm³/mol. The van der Waals surface area contributed by atoms with E-state index in [4.69, 9.17) is 4.74 Å². The van der Waals surface area contributed by atoms with E-state index in [1.54, 1.807) is 24.3 Å². The average Bonchev–Trinajstić information content (AvgIpc) is 2.45. The van der Waals surface area contributed by atoms with Crippen LogP contribution in [0.25, 0.3) is 12.2 Å². The topological polar surface area (TPSA) is 9.23 Å². The highest BCUT2D eigenvalue weighted by Gasteiger charge is 2.14. The minimum absolute atomic E-state index is 0.0510. The second-order valence-electron chi connectivity index (χ2n) is 5.16. The highest BCUT2D eigenvalue weighted by atomic mass is 19.1. The van der Waals surface area contributed by atoms with Crippen LogP contribution in [0.1, 0.15) is 36.5 Å². The molecule has 1 nitrogen and oxygen atoms in total. The van der Waals surface area contributed by atoms with Crippen LogP contribution in [0.15, 0.2) is 36.4 Å². The number of methoxy groups -OCH3 is 1. The lowest BCUT2D eigenvalue weighted by Gasteiger charge is -2.13. The Morgan fingerprint density at radius 2 is 1.57 bits per heavy atom. The fourth-order valence-electron chi connectivity index (χ4n) is 2.20. The summed E-state index contributed by atoms with van der Waals surface area (Å²) in [4.78, 5) is 0. The molecule has 0 saturated carbocycles. The highest BCUT2D eigenvalue weighted by Crippen LogP contribution is 2.31. The molecule has 0 unspecified atom stereocenters. The van der Waals surface area contributed by atoms with E-state index in [1.807, 2.05) is 19.9 Å². The van der Waals surface area contributed by atoms with Gasteiger partial charge in [-0.25, -0.2) is 8.78 Å². The summed E-state index contributed by atoms with van der Waals surface area (Å²) in [6.07, 6.45) is 3.59. The maximum absolute atomic E-state index is 14.2. The van der Waals surface area contributed by atoms with Gasteiger partial charge in [0.2, 0.25) is 0 Å². The number of benzene rings is 2. The van der Waals surface area contributed by atoms with Crippen LogP contribution in [0.3, 0.4) is 0 Å². The zero-order chi connectivity index (χ0) is 15.4. The monoisotopic (exact) mass is 288 g/mol. The number of hydrogen-bond acceptors (Lipinski definition) is 1. The lowest BCUT2D eigenvalue weighted by Crippen LogP contribution is -1.99. The average molecular weight is 288 g/mol. The first-order chi connectivity index (χ1) is 10.0. The summed E-state index contributed by atoms with van der Waals surface area (Å²) in [7, 11) is 1.54. The van der Waals surface area contributed by atoms with Crippen LogP contribution < -0.4 is 4.74 Å². The van der Waals surface area contributed by atoms with E-state index in [-0.39, 0.29) is 17.6 Å². The van der Waals surface area contributed by atoms with Crippen molar-refractivity contribution in [3.63, 3.8) is 0 Å². The van der Waals surface area contributed by atoms with Gasteiger partial charge in [0.05, 0.1) is 7.11 Å². The third kappa shape index (κ3) is 3.69. The van der Waals surface area contributed by atoms with Gasteiger partial charge in [-0.05, 0) is 41.3 Å². The lowest BCUT2D eigenvalue weighted by molar-refractivity contribution is 0.401. The molecule has 0 aliphatic heterocycles. The first kappa shape index (κ1) is 15.2. The van der Waals surface area contributed by atoms with E-state index in [9.17, 15) is 8.78 Å². The van der Waals surface area contributed by atoms with Gasteiger partial charge in [0.1, 0.15) is 17.4 Å². The van der Waals surface area contributed by atoms with Crippen LogP contribution in [0, 0.1) is 11.6 Å². The summed E-state index contributed by atoms with van der Waals surface area (Å²) < 4.78 is 32.3. The molecule has 21 heavy (non-hydrogen) atoms. The Kier molecular flexibility index (Phi) is 4.73. The third-order valence-electron chi connectivity index (χ3n) is 3.25. The van der Waals surface area contributed by atoms with Crippen molar-refractivity contribution in [2.24, 2.45) is 0 Å². The molecule has 0 saturated heterocycles. The highest BCUT2D eigenvalue weighted by molar-refractivity contribution is 5.70.